The number of carbonyl (C=O) groups is 2. The van der Waals surface area contributed by atoms with E-state index in [9.17, 15) is 22.8 Å². The molecule has 0 fully saturated rings. The maximum Gasteiger partial charge on any atom is 0.275 e. The Morgan fingerprint density at radius 3 is 2.70 bits per heavy atom. The van der Waals surface area contributed by atoms with Gasteiger partial charge in [0.15, 0.2) is 5.96 Å². The molecule has 1 heterocycles. The van der Waals surface area contributed by atoms with Gasteiger partial charge in [0, 0.05) is 18.8 Å². The molecule has 0 spiro atoms. The van der Waals surface area contributed by atoms with Crippen LogP contribution in [0, 0.1) is 0 Å². The number of nitrogens with one attached hydrogen (secondary N) is 2. The van der Waals surface area contributed by atoms with E-state index in [1.807, 2.05) is 0 Å². The van der Waals surface area contributed by atoms with E-state index in [0.29, 0.717) is 31.4 Å². The smallest absolute Gasteiger partial charge is 0.275 e. The molecule has 178 valence electrons. The number of rotatable bonds is 12. The van der Waals surface area contributed by atoms with Gasteiger partial charge in [0.2, 0.25) is 5.91 Å². The highest BCUT2D eigenvalue weighted by Crippen LogP contribution is 2.19. The van der Waals surface area contributed by atoms with Crippen molar-refractivity contribution in [2.45, 2.75) is 30.3 Å². The van der Waals surface area contributed by atoms with E-state index >= 15 is 0 Å². The molecule has 33 heavy (non-hydrogen) atoms. The molecule has 2 aromatic rings. The molecule has 0 saturated heterocycles. The van der Waals surface area contributed by atoms with Crippen molar-refractivity contribution in [3.8, 4) is 5.75 Å². The molecule has 1 aromatic carbocycles. The van der Waals surface area contributed by atoms with Crippen LogP contribution in [0.2, 0.25) is 0 Å². The van der Waals surface area contributed by atoms with Crippen molar-refractivity contribution in [2.75, 3.05) is 18.4 Å². The minimum absolute atomic E-state index is 0.0667. The first-order chi connectivity index (χ1) is 15.7. The first kappa shape index (κ1) is 25.4. The highest BCUT2D eigenvalue weighted by Gasteiger charge is 2.18. The highest BCUT2D eigenvalue weighted by atomic mass is 32.2. The van der Waals surface area contributed by atoms with E-state index in [1.165, 1.54) is 43.6 Å². The Morgan fingerprint density at radius 1 is 1.27 bits per heavy atom. The standard InChI is InChI=1S/C20H26N6O6S/c1-32-15-6-2-7-16(11-15)33(30,31)25-17-8-4-10-26(19(17)29)12-18(28)24-14(13-27)5-3-9-23-20(21)22/h2,4,6-8,10-11,13-14,25H,3,5,9,12H2,1H3,(H,24,28)(H4,21,22,23)/t14-/m0/s1. The van der Waals surface area contributed by atoms with Crippen molar-refractivity contribution in [3.63, 3.8) is 0 Å². The van der Waals surface area contributed by atoms with Gasteiger partial charge < -0.3 is 30.9 Å². The lowest BCUT2D eigenvalue weighted by atomic mass is 10.2. The van der Waals surface area contributed by atoms with Crippen molar-refractivity contribution in [1.82, 2.24) is 9.88 Å². The van der Waals surface area contributed by atoms with Crippen LogP contribution in [0.4, 0.5) is 5.69 Å². The van der Waals surface area contributed by atoms with Gasteiger partial charge in [0.25, 0.3) is 15.6 Å². The van der Waals surface area contributed by atoms with Crippen LogP contribution >= 0.6 is 0 Å². The number of aliphatic imine (C=N–C) groups is 1. The molecule has 0 bridgehead atoms. The predicted octanol–water partition coefficient (Wildman–Crippen LogP) is -0.605. The van der Waals surface area contributed by atoms with Gasteiger partial charge in [-0.1, -0.05) is 6.07 Å². The normalized spacial score (nSPS) is 11.8. The number of guanidine groups is 1. The number of pyridine rings is 1. The molecule has 13 heteroatoms. The number of anilines is 1. The number of amides is 1. The number of carbonyl (C=O) groups excluding carboxylic acids is 2. The van der Waals surface area contributed by atoms with Crippen molar-refractivity contribution in [2.24, 2.45) is 16.5 Å². The van der Waals surface area contributed by atoms with E-state index in [4.69, 9.17) is 16.2 Å². The minimum Gasteiger partial charge on any atom is -0.497 e. The van der Waals surface area contributed by atoms with Gasteiger partial charge in [-0.2, -0.15) is 0 Å². The Labute approximate surface area is 190 Å². The van der Waals surface area contributed by atoms with Gasteiger partial charge in [0.05, 0.1) is 18.0 Å². The Morgan fingerprint density at radius 2 is 2.03 bits per heavy atom. The third-order valence-electron chi connectivity index (χ3n) is 4.41. The summed E-state index contributed by atoms with van der Waals surface area (Å²) >= 11 is 0. The van der Waals surface area contributed by atoms with Crippen LogP contribution in [-0.2, 0) is 26.2 Å². The molecule has 1 aromatic heterocycles. The monoisotopic (exact) mass is 478 g/mol. The molecule has 0 aliphatic rings. The number of methoxy groups -OCH3 is 1. The molecule has 1 amide bonds. The fraction of sp³-hybridized carbons (Fsp3) is 0.300. The number of hydrogen-bond donors (Lipinski definition) is 4. The molecule has 0 saturated carbocycles. The lowest BCUT2D eigenvalue weighted by molar-refractivity contribution is -0.124. The third-order valence-corrected chi connectivity index (χ3v) is 5.77. The number of ether oxygens (including phenoxy) is 1. The van der Waals surface area contributed by atoms with Crippen LogP contribution in [0.1, 0.15) is 12.8 Å². The first-order valence-electron chi connectivity index (χ1n) is 9.82. The van der Waals surface area contributed by atoms with E-state index in [-0.39, 0.29) is 16.5 Å². The van der Waals surface area contributed by atoms with Gasteiger partial charge in [-0.25, -0.2) is 8.42 Å². The van der Waals surface area contributed by atoms with Crippen molar-refractivity contribution in [3.05, 3.63) is 52.9 Å². The summed E-state index contributed by atoms with van der Waals surface area (Å²) in [6.45, 7) is -0.108. The molecule has 2 rings (SSSR count). The number of sulfonamides is 1. The van der Waals surface area contributed by atoms with Crippen LogP contribution in [-0.4, -0.2) is 50.8 Å². The maximum absolute atomic E-state index is 12.7. The Kier molecular flexibility index (Phi) is 8.98. The summed E-state index contributed by atoms with van der Waals surface area (Å²) in [5, 5.41) is 2.51. The van der Waals surface area contributed by atoms with Crippen LogP contribution in [0.5, 0.6) is 5.75 Å². The summed E-state index contributed by atoms with van der Waals surface area (Å²) in [5.41, 5.74) is 9.49. The molecule has 0 aliphatic heterocycles. The summed E-state index contributed by atoms with van der Waals surface area (Å²) in [6, 6.07) is 7.67. The Hall–Kier alpha value is -3.87. The molecule has 0 radical (unpaired) electrons. The van der Waals surface area contributed by atoms with E-state index in [1.54, 1.807) is 6.07 Å². The quantitative estimate of drug-likeness (QED) is 0.135. The summed E-state index contributed by atoms with van der Waals surface area (Å²) in [4.78, 5) is 39.9. The van der Waals surface area contributed by atoms with Crippen molar-refractivity contribution < 1.29 is 22.7 Å². The second-order valence-corrected chi connectivity index (χ2v) is 8.58. The Balaban J connectivity index is 2.08. The second kappa shape index (κ2) is 11.7. The van der Waals surface area contributed by atoms with Crippen LogP contribution in [0.3, 0.4) is 0 Å². The van der Waals surface area contributed by atoms with Crippen molar-refractivity contribution in [1.29, 1.82) is 0 Å². The molecule has 0 unspecified atom stereocenters. The maximum atomic E-state index is 12.7. The van der Waals surface area contributed by atoms with Crippen LogP contribution in [0.25, 0.3) is 0 Å². The van der Waals surface area contributed by atoms with Gasteiger partial charge in [-0.15, -0.1) is 0 Å². The minimum atomic E-state index is -4.07. The Bertz CT molecular complexity index is 1170. The number of aldehydes is 1. The average Bonchev–Trinajstić information content (AvgIpc) is 2.78. The van der Waals surface area contributed by atoms with E-state index < -0.39 is 34.1 Å². The topological polar surface area (TPSA) is 188 Å². The van der Waals surface area contributed by atoms with Gasteiger partial charge in [0.1, 0.15) is 24.3 Å². The van der Waals surface area contributed by atoms with Crippen LogP contribution < -0.4 is 31.8 Å². The summed E-state index contributed by atoms with van der Waals surface area (Å²) in [5.74, 6) is -0.324. The number of benzene rings is 1. The number of nitrogens with zero attached hydrogens (tertiary/aromatic N) is 2. The summed E-state index contributed by atoms with van der Waals surface area (Å²) in [6.07, 6.45) is 2.68. The van der Waals surface area contributed by atoms with Crippen LogP contribution in [0.15, 0.2) is 57.3 Å². The zero-order valence-corrected chi connectivity index (χ0v) is 18.7. The SMILES string of the molecule is COc1cccc(S(=O)(=O)Nc2cccn(CC(=O)N[C@H](C=O)CCCN=C(N)N)c2=O)c1. The fourth-order valence-electron chi connectivity index (χ4n) is 2.81. The fourth-order valence-corrected chi connectivity index (χ4v) is 3.90. The number of aromatic nitrogens is 1. The molecule has 6 N–H and O–H groups in total. The highest BCUT2D eigenvalue weighted by molar-refractivity contribution is 7.92. The molecular formula is C20H26N6O6S. The molecule has 0 aliphatic carbocycles. The lowest BCUT2D eigenvalue weighted by Gasteiger charge is -2.14. The van der Waals surface area contributed by atoms with Gasteiger partial charge >= 0.3 is 0 Å². The number of nitrogens with two attached hydrogens (primary N) is 2. The predicted molar refractivity (Wildman–Crippen MR) is 122 cm³/mol. The van der Waals surface area contributed by atoms with Gasteiger partial charge in [-0.05, 0) is 37.1 Å². The average molecular weight is 479 g/mol. The number of hydrogen-bond acceptors (Lipinski definition) is 7. The summed E-state index contributed by atoms with van der Waals surface area (Å²) < 4.78 is 33.6. The van der Waals surface area contributed by atoms with E-state index in [2.05, 4.69) is 15.0 Å². The lowest BCUT2D eigenvalue weighted by Crippen LogP contribution is -2.40. The largest absolute Gasteiger partial charge is 0.497 e. The summed E-state index contributed by atoms with van der Waals surface area (Å²) in [7, 11) is -2.67. The third kappa shape index (κ3) is 7.64. The first-order valence-corrected chi connectivity index (χ1v) is 11.3. The van der Waals surface area contributed by atoms with Crippen molar-refractivity contribution >= 4 is 33.9 Å². The van der Waals surface area contributed by atoms with E-state index in [0.717, 1.165) is 4.57 Å². The molecular weight excluding hydrogens is 452 g/mol. The zero-order chi connectivity index (χ0) is 24.4. The van der Waals surface area contributed by atoms with Gasteiger partial charge in [-0.3, -0.25) is 19.3 Å². The molecule has 12 nitrogen and oxygen atoms in total. The second-order valence-electron chi connectivity index (χ2n) is 6.90. The zero-order valence-electron chi connectivity index (χ0n) is 17.9. The molecule has 1 atom stereocenters.